The number of ether oxygens (including phenoxy) is 1. The van der Waals surface area contributed by atoms with Crippen molar-refractivity contribution in [3.05, 3.63) is 124 Å². The second-order valence-corrected chi connectivity index (χ2v) is 12.7. The average Bonchev–Trinajstić information content (AvgIpc) is 3.23. The van der Waals surface area contributed by atoms with Crippen LogP contribution in [0.4, 0.5) is 17.1 Å². The first kappa shape index (κ1) is 29.5. The summed E-state index contributed by atoms with van der Waals surface area (Å²) in [4.78, 5) is 31.0. The van der Waals surface area contributed by atoms with Gasteiger partial charge in [0.1, 0.15) is 5.92 Å². The molecular formula is C38H41N3O3. The Labute approximate surface area is 260 Å². The highest BCUT2D eigenvalue weighted by atomic mass is 16.5. The van der Waals surface area contributed by atoms with Crippen molar-refractivity contribution in [2.24, 2.45) is 5.92 Å². The van der Waals surface area contributed by atoms with Crippen LogP contribution in [-0.4, -0.2) is 19.0 Å². The van der Waals surface area contributed by atoms with Crippen LogP contribution in [0.2, 0.25) is 0 Å². The maximum Gasteiger partial charge on any atom is 0.314 e. The van der Waals surface area contributed by atoms with Crippen LogP contribution in [0.15, 0.2) is 91.0 Å². The zero-order valence-corrected chi connectivity index (χ0v) is 26.3. The molecule has 0 bridgehead atoms. The molecule has 0 fully saturated rings. The Kier molecular flexibility index (Phi) is 7.70. The van der Waals surface area contributed by atoms with Crippen LogP contribution in [0.5, 0.6) is 0 Å². The van der Waals surface area contributed by atoms with E-state index in [-0.39, 0.29) is 11.8 Å². The molecule has 3 atom stereocenters. The van der Waals surface area contributed by atoms with Gasteiger partial charge < -0.3 is 20.3 Å². The number of nitrogens with zero attached hydrogens (tertiary/aromatic N) is 1. The Morgan fingerprint density at radius 3 is 2.25 bits per heavy atom. The first-order chi connectivity index (χ1) is 21.1. The molecule has 2 heterocycles. The van der Waals surface area contributed by atoms with Crippen LogP contribution in [-0.2, 0) is 26.4 Å². The second kappa shape index (κ2) is 11.5. The summed E-state index contributed by atoms with van der Waals surface area (Å²) in [6, 6.07) is 30.1. The molecule has 2 aliphatic heterocycles. The van der Waals surface area contributed by atoms with Crippen molar-refractivity contribution in [1.29, 1.82) is 0 Å². The van der Waals surface area contributed by atoms with E-state index < -0.39 is 23.5 Å². The quantitative estimate of drug-likeness (QED) is 0.214. The number of hydrogen-bond acceptors (Lipinski definition) is 5. The van der Waals surface area contributed by atoms with E-state index in [1.165, 1.54) is 12.7 Å². The molecule has 0 aromatic heterocycles. The summed E-state index contributed by atoms with van der Waals surface area (Å²) >= 11 is 0. The van der Waals surface area contributed by atoms with E-state index in [2.05, 4.69) is 80.8 Å². The van der Waals surface area contributed by atoms with Gasteiger partial charge in [-0.2, -0.15) is 0 Å². The predicted octanol–water partition coefficient (Wildman–Crippen LogP) is 8.05. The Bertz CT molecular complexity index is 1700. The minimum Gasteiger partial charge on any atom is -0.469 e. The Hall–Kier alpha value is -4.58. The van der Waals surface area contributed by atoms with Gasteiger partial charge in [-0.1, -0.05) is 100.0 Å². The van der Waals surface area contributed by atoms with Crippen LogP contribution in [0.1, 0.15) is 79.0 Å². The van der Waals surface area contributed by atoms with Crippen molar-refractivity contribution in [2.75, 3.05) is 22.6 Å². The third-order valence-electron chi connectivity index (χ3n) is 9.20. The molecule has 1 amide bonds. The monoisotopic (exact) mass is 587 g/mol. The normalized spacial score (nSPS) is 20.5. The SMILES string of the molecule is COC(=O)[C@H]1[C@H](Nc2ccc(C(C)C)cc2)c2cc(C(C)C)ccc2N[C@@]12C(=O)N(Cc1ccccc1)c1ccc(C)cc12. The van der Waals surface area contributed by atoms with Crippen LogP contribution >= 0.6 is 0 Å². The third kappa shape index (κ3) is 4.92. The van der Waals surface area contributed by atoms with Crippen LogP contribution in [0, 0.1) is 12.8 Å². The zero-order valence-electron chi connectivity index (χ0n) is 26.3. The molecule has 2 aliphatic rings. The average molecular weight is 588 g/mol. The zero-order chi connectivity index (χ0) is 31.2. The minimum absolute atomic E-state index is 0.169. The van der Waals surface area contributed by atoms with Crippen molar-refractivity contribution in [3.63, 3.8) is 0 Å². The summed E-state index contributed by atoms with van der Waals surface area (Å²) in [6.45, 7) is 11.1. The van der Waals surface area contributed by atoms with E-state index in [0.29, 0.717) is 12.5 Å². The fraction of sp³-hybridized carbons (Fsp3) is 0.316. The molecule has 2 N–H and O–H groups in total. The molecule has 6 nitrogen and oxygen atoms in total. The topological polar surface area (TPSA) is 70.7 Å². The number of aryl methyl sites for hydroxylation is 1. The number of fused-ring (bicyclic) bond motifs is 3. The maximum absolute atomic E-state index is 15.0. The fourth-order valence-electron chi connectivity index (χ4n) is 6.76. The predicted molar refractivity (Wildman–Crippen MR) is 177 cm³/mol. The van der Waals surface area contributed by atoms with Crippen molar-refractivity contribution in [3.8, 4) is 0 Å². The summed E-state index contributed by atoms with van der Waals surface area (Å²) in [6.07, 6.45) is 0. The third-order valence-corrected chi connectivity index (χ3v) is 9.20. The van der Waals surface area contributed by atoms with E-state index in [4.69, 9.17) is 4.74 Å². The summed E-state index contributed by atoms with van der Waals surface area (Å²) in [5.41, 5.74) is 7.26. The van der Waals surface area contributed by atoms with E-state index in [1.807, 2.05) is 60.4 Å². The summed E-state index contributed by atoms with van der Waals surface area (Å²) in [7, 11) is 1.41. The van der Waals surface area contributed by atoms with E-state index in [9.17, 15) is 4.79 Å². The highest BCUT2D eigenvalue weighted by Gasteiger charge is 2.63. The molecule has 0 radical (unpaired) electrons. The molecule has 6 rings (SSSR count). The van der Waals surface area contributed by atoms with Gasteiger partial charge in [0.25, 0.3) is 5.91 Å². The molecular weight excluding hydrogens is 546 g/mol. The smallest absolute Gasteiger partial charge is 0.314 e. The molecule has 0 saturated heterocycles. The lowest BCUT2D eigenvalue weighted by atomic mass is 9.69. The number of carbonyl (C=O) groups excluding carboxylic acids is 2. The minimum atomic E-state index is -1.38. The Morgan fingerprint density at radius 1 is 0.909 bits per heavy atom. The first-order valence-electron chi connectivity index (χ1n) is 15.5. The number of esters is 1. The van der Waals surface area contributed by atoms with Crippen LogP contribution in [0.3, 0.4) is 0 Å². The molecule has 6 heteroatoms. The fourth-order valence-corrected chi connectivity index (χ4v) is 6.76. The molecule has 4 aromatic carbocycles. The molecule has 0 unspecified atom stereocenters. The highest BCUT2D eigenvalue weighted by Crippen LogP contribution is 2.56. The summed E-state index contributed by atoms with van der Waals surface area (Å²) in [5.74, 6) is -0.831. The number of benzene rings is 4. The van der Waals surface area contributed by atoms with Gasteiger partial charge in [0.15, 0.2) is 5.54 Å². The highest BCUT2D eigenvalue weighted by molar-refractivity contribution is 6.12. The number of carbonyl (C=O) groups is 2. The maximum atomic E-state index is 15.0. The van der Waals surface area contributed by atoms with Gasteiger partial charge in [-0.25, -0.2) is 0 Å². The number of amides is 1. The van der Waals surface area contributed by atoms with Gasteiger partial charge in [0.2, 0.25) is 0 Å². The number of anilines is 3. The van der Waals surface area contributed by atoms with Crippen molar-refractivity contribution in [1.82, 2.24) is 0 Å². The standard InChI is InChI=1S/C38H41N3O3/c1-23(2)27-13-16-29(17-14-27)39-35-30-21-28(24(3)4)15-18-32(30)40-38(34(35)36(42)44-6)31-20-25(5)12-19-33(31)41(37(38)43)22-26-10-8-7-9-11-26/h7-21,23-24,34-35,39-40H,22H2,1-6H3/t34-,35-,38-/m1/s1. The largest absolute Gasteiger partial charge is 0.469 e. The van der Waals surface area contributed by atoms with Gasteiger partial charge in [-0.15, -0.1) is 0 Å². The molecule has 4 aromatic rings. The van der Waals surface area contributed by atoms with E-state index in [0.717, 1.165) is 44.9 Å². The van der Waals surface area contributed by atoms with Gasteiger partial charge in [0, 0.05) is 16.9 Å². The Morgan fingerprint density at radius 2 is 1.59 bits per heavy atom. The van der Waals surface area contributed by atoms with Crippen molar-refractivity contribution >= 4 is 28.9 Å². The number of methoxy groups -OCH3 is 1. The summed E-state index contributed by atoms with van der Waals surface area (Å²) < 4.78 is 5.55. The van der Waals surface area contributed by atoms with Gasteiger partial charge in [0.05, 0.1) is 25.4 Å². The molecule has 0 saturated carbocycles. The molecule has 44 heavy (non-hydrogen) atoms. The lowest BCUT2D eigenvalue weighted by molar-refractivity contribution is -0.151. The lowest BCUT2D eigenvalue weighted by Gasteiger charge is -2.46. The second-order valence-electron chi connectivity index (χ2n) is 12.7. The van der Waals surface area contributed by atoms with Gasteiger partial charge >= 0.3 is 5.97 Å². The number of hydrogen-bond donors (Lipinski definition) is 2. The molecule has 1 spiro atoms. The van der Waals surface area contributed by atoms with Gasteiger partial charge in [-0.05, 0) is 65.3 Å². The molecule has 0 aliphatic carbocycles. The Balaban J connectivity index is 1.56. The molecule has 226 valence electrons. The number of rotatable bonds is 7. The van der Waals surface area contributed by atoms with Crippen LogP contribution in [0.25, 0.3) is 0 Å². The lowest BCUT2D eigenvalue weighted by Crippen LogP contribution is -2.59. The van der Waals surface area contributed by atoms with Crippen molar-refractivity contribution in [2.45, 2.75) is 64.6 Å². The van der Waals surface area contributed by atoms with Gasteiger partial charge in [-0.3, -0.25) is 9.59 Å². The van der Waals surface area contributed by atoms with E-state index >= 15 is 4.79 Å². The van der Waals surface area contributed by atoms with Crippen molar-refractivity contribution < 1.29 is 14.3 Å². The van der Waals surface area contributed by atoms with Crippen LogP contribution < -0.4 is 15.5 Å². The first-order valence-corrected chi connectivity index (χ1v) is 15.5. The summed E-state index contributed by atoms with van der Waals surface area (Å²) in [5, 5.41) is 7.37. The van der Waals surface area contributed by atoms with E-state index in [1.54, 1.807) is 0 Å². The number of nitrogens with one attached hydrogen (secondary N) is 2.